The van der Waals surface area contributed by atoms with Crippen molar-refractivity contribution < 1.29 is 0 Å². The van der Waals surface area contributed by atoms with E-state index in [1.54, 1.807) is 6.20 Å². The zero-order valence-corrected chi connectivity index (χ0v) is 10.2. The second kappa shape index (κ2) is 5.00. The quantitative estimate of drug-likeness (QED) is 0.834. The molecule has 2 aliphatic rings. The van der Waals surface area contributed by atoms with Crippen molar-refractivity contribution in [1.29, 1.82) is 0 Å². The van der Waals surface area contributed by atoms with Crippen LogP contribution in [0.25, 0.3) is 0 Å². The van der Waals surface area contributed by atoms with Gasteiger partial charge in [-0.25, -0.2) is 0 Å². The molecule has 4 heteroatoms. The number of rotatable bonds is 5. The number of aromatic nitrogens is 2. The molecular formula is C13H20N4. The van der Waals surface area contributed by atoms with Crippen LogP contribution < -0.4 is 10.2 Å². The van der Waals surface area contributed by atoms with Gasteiger partial charge >= 0.3 is 0 Å². The van der Waals surface area contributed by atoms with Gasteiger partial charge in [-0.1, -0.05) is 0 Å². The van der Waals surface area contributed by atoms with E-state index in [9.17, 15) is 0 Å². The summed E-state index contributed by atoms with van der Waals surface area (Å²) in [5.41, 5.74) is 0. The lowest BCUT2D eigenvalue weighted by Crippen LogP contribution is -2.39. The summed E-state index contributed by atoms with van der Waals surface area (Å²) in [6.45, 7) is 3.40. The average molecular weight is 232 g/mol. The summed E-state index contributed by atoms with van der Waals surface area (Å²) in [6, 6.07) is 4.69. The first-order valence-electron chi connectivity index (χ1n) is 6.68. The number of hydrogen-bond acceptors (Lipinski definition) is 4. The SMILES string of the molecule is c1cnnc(N(CC2CC2)CC2CCCN2)c1. The second-order valence-electron chi connectivity index (χ2n) is 5.22. The van der Waals surface area contributed by atoms with Crippen LogP contribution in [0.1, 0.15) is 25.7 Å². The largest absolute Gasteiger partial charge is 0.353 e. The Kier molecular flexibility index (Phi) is 3.22. The maximum atomic E-state index is 4.25. The second-order valence-corrected chi connectivity index (χ2v) is 5.22. The summed E-state index contributed by atoms with van der Waals surface area (Å²) in [5.74, 6) is 1.92. The Morgan fingerprint density at radius 3 is 2.88 bits per heavy atom. The minimum atomic E-state index is 0.635. The molecule has 1 unspecified atom stereocenters. The fourth-order valence-electron chi connectivity index (χ4n) is 2.51. The normalized spacial score (nSPS) is 23.9. The molecule has 1 N–H and O–H groups in total. The topological polar surface area (TPSA) is 41.1 Å². The standard InChI is InChI=1S/C13H20N4/c1-3-12(14-7-1)10-17(9-11-5-6-11)13-4-2-8-15-16-13/h2,4,8,11-12,14H,1,3,5-7,9-10H2. The molecule has 0 spiro atoms. The zero-order chi connectivity index (χ0) is 11.5. The molecule has 0 radical (unpaired) electrons. The molecule has 0 amide bonds. The van der Waals surface area contributed by atoms with Crippen LogP contribution >= 0.6 is 0 Å². The van der Waals surface area contributed by atoms with Crippen molar-refractivity contribution in [3.8, 4) is 0 Å². The molecule has 1 aromatic heterocycles. The van der Waals surface area contributed by atoms with Crippen molar-refractivity contribution in [2.24, 2.45) is 5.92 Å². The molecule has 4 nitrogen and oxygen atoms in total. The molecule has 1 aliphatic carbocycles. The van der Waals surface area contributed by atoms with Crippen LogP contribution in [0.3, 0.4) is 0 Å². The zero-order valence-electron chi connectivity index (χ0n) is 10.2. The predicted octanol–water partition coefficient (Wildman–Crippen LogP) is 1.44. The van der Waals surface area contributed by atoms with E-state index in [0.29, 0.717) is 6.04 Å². The summed E-state index contributed by atoms with van der Waals surface area (Å²) in [4.78, 5) is 2.41. The third-order valence-corrected chi connectivity index (χ3v) is 3.66. The van der Waals surface area contributed by atoms with E-state index >= 15 is 0 Å². The minimum absolute atomic E-state index is 0.635. The van der Waals surface area contributed by atoms with Gasteiger partial charge in [-0.15, -0.1) is 5.10 Å². The van der Waals surface area contributed by atoms with Gasteiger partial charge in [0.25, 0.3) is 0 Å². The smallest absolute Gasteiger partial charge is 0.151 e. The summed E-state index contributed by atoms with van der Waals surface area (Å²) in [6.07, 6.45) is 7.11. The number of nitrogens with zero attached hydrogens (tertiary/aromatic N) is 3. The van der Waals surface area contributed by atoms with Gasteiger partial charge in [0.15, 0.2) is 5.82 Å². The van der Waals surface area contributed by atoms with Crippen molar-refractivity contribution in [2.75, 3.05) is 24.5 Å². The van der Waals surface area contributed by atoms with E-state index in [-0.39, 0.29) is 0 Å². The monoisotopic (exact) mass is 232 g/mol. The maximum absolute atomic E-state index is 4.25. The summed E-state index contributed by atoms with van der Waals surface area (Å²) >= 11 is 0. The van der Waals surface area contributed by atoms with E-state index in [4.69, 9.17) is 0 Å². The van der Waals surface area contributed by atoms with Crippen LogP contribution in [0.5, 0.6) is 0 Å². The Morgan fingerprint density at radius 1 is 1.29 bits per heavy atom. The van der Waals surface area contributed by atoms with Gasteiger partial charge in [-0.3, -0.25) is 0 Å². The van der Waals surface area contributed by atoms with E-state index in [1.165, 1.54) is 32.2 Å². The molecule has 1 saturated carbocycles. The summed E-state index contributed by atoms with van der Waals surface area (Å²) in [7, 11) is 0. The van der Waals surface area contributed by atoms with E-state index in [1.807, 2.05) is 6.07 Å². The first kappa shape index (κ1) is 11.0. The molecule has 0 bridgehead atoms. The van der Waals surface area contributed by atoms with Crippen LogP contribution in [0, 0.1) is 5.92 Å². The Labute approximate surface area is 102 Å². The lowest BCUT2D eigenvalue weighted by Gasteiger charge is -2.26. The number of hydrogen-bond donors (Lipinski definition) is 1. The fourth-order valence-corrected chi connectivity index (χ4v) is 2.51. The molecule has 1 saturated heterocycles. The van der Waals surface area contributed by atoms with Crippen LogP contribution in [-0.4, -0.2) is 35.9 Å². The molecule has 1 aliphatic heterocycles. The van der Waals surface area contributed by atoms with Crippen molar-refractivity contribution in [3.05, 3.63) is 18.3 Å². The lowest BCUT2D eigenvalue weighted by molar-refractivity contribution is 0.565. The molecular weight excluding hydrogens is 212 g/mol. The van der Waals surface area contributed by atoms with Crippen molar-refractivity contribution in [2.45, 2.75) is 31.7 Å². The number of nitrogens with one attached hydrogen (secondary N) is 1. The Morgan fingerprint density at radius 2 is 2.24 bits per heavy atom. The third kappa shape index (κ3) is 2.94. The van der Waals surface area contributed by atoms with Crippen LogP contribution in [-0.2, 0) is 0 Å². The molecule has 17 heavy (non-hydrogen) atoms. The van der Waals surface area contributed by atoms with Gasteiger partial charge in [0.1, 0.15) is 0 Å². The first-order chi connectivity index (χ1) is 8.42. The first-order valence-corrected chi connectivity index (χ1v) is 6.68. The molecule has 1 atom stereocenters. The fraction of sp³-hybridized carbons (Fsp3) is 0.692. The highest BCUT2D eigenvalue weighted by molar-refractivity contribution is 5.37. The molecule has 3 rings (SSSR count). The molecule has 92 valence electrons. The minimum Gasteiger partial charge on any atom is -0.353 e. The van der Waals surface area contributed by atoms with Crippen LogP contribution in [0.2, 0.25) is 0 Å². The van der Waals surface area contributed by atoms with Gasteiger partial charge in [0.2, 0.25) is 0 Å². The predicted molar refractivity (Wildman–Crippen MR) is 68.0 cm³/mol. The molecule has 0 aromatic carbocycles. The van der Waals surface area contributed by atoms with Gasteiger partial charge in [0.05, 0.1) is 0 Å². The van der Waals surface area contributed by atoms with Crippen molar-refractivity contribution >= 4 is 5.82 Å². The highest BCUT2D eigenvalue weighted by atomic mass is 15.3. The average Bonchev–Trinajstić information content (AvgIpc) is 3.04. The van der Waals surface area contributed by atoms with Gasteiger partial charge in [-0.2, -0.15) is 5.10 Å². The highest BCUT2D eigenvalue weighted by Gasteiger charge is 2.27. The molecule has 2 fully saturated rings. The van der Waals surface area contributed by atoms with Crippen LogP contribution in [0.15, 0.2) is 18.3 Å². The summed E-state index contributed by atoms with van der Waals surface area (Å²) < 4.78 is 0. The lowest BCUT2D eigenvalue weighted by atomic mass is 10.2. The van der Waals surface area contributed by atoms with E-state index in [0.717, 1.165) is 24.8 Å². The third-order valence-electron chi connectivity index (χ3n) is 3.66. The van der Waals surface area contributed by atoms with Gasteiger partial charge in [-0.05, 0) is 50.3 Å². The maximum Gasteiger partial charge on any atom is 0.151 e. The van der Waals surface area contributed by atoms with Crippen LogP contribution in [0.4, 0.5) is 5.82 Å². The molecule has 1 aromatic rings. The van der Waals surface area contributed by atoms with E-state index in [2.05, 4.69) is 26.5 Å². The molecule has 2 heterocycles. The summed E-state index contributed by atoms with van der Waals surface area (Å²) in [5, 5.41) is 11.8. The Hall–Kier alpha value is -1.16. The number of anilines is 1. The van der Waals surface area contributed by atoms with Crippen molar-refractivity contribution in [1.82, 2.24) is 15.5 Å². The van der Waals surface area contributed by atoms with Gasteiger partial charge < -0.3 is 10.2 Å². The Balaban J connectivity index is 1.66. The Bertz CT molecular complexity index is 344. The van der Waals surface area contributed by atoms with Gasteiger partial charge in [0, 0.05) is 25.3 Å². The van der Waals surface area contributed by atoms with E-state index < -0.39 is 0 Å². The van der Waals surface area contributed by atoms with Crippen molar-refractivity contribution in [3.63, 3.8) is 0 Å². The highest BCUT2D eigenvalue weighted by Crippen LogP contribution is 2.31.